The molecular weight excluding hydrogens is 228 g/mol. The Kier molecular flexibility index (Phi) is 3.08. The maximum absolute atomic E-state index is 2.27. The molecule has 94 valence electrons. The molecule has 3 aromatic carbocycles. The lowest BCUT2D eigenvalue weighted by Crippen LogP contribution is -1.94. The lowest BCUT2D eigenvalue weighted by atomic mass is 9.88. The van der Waals surface area contributed by atoms with Crippen molar-refractivity contribution in [1.82, 2.24) is 0 Å². The Bertz CT molecular complexity index is 694. The highest BCUT2D eigenvalue weighted by Gasteiger charge is 2.12. The Morgan fingerprint density at radius 2 is 1.37 bits per heavy atom. The average molecular weight is 246 g/mol. The molecule has 0 saturated heterocycles. The van der Waals surface area contributed by atoms with Crippen LogP contribution in [0.4, 0.5) is 0 Å². The SMILES string of the molecule is CC(C)c1c(-c2ccccc2)ccc2ccccc12. The van der Waals surface area contributed by atoms with Crippen molar-refractivity contribution in [2.24, 2.45) is 0 Å². The average Bonchev–Trinajstić information content (AvgIpc) is 2.46. The molecule has 0 amide bonds. The van der Waals surface area contributed by atoms with Crippen molar-refractivity contribution < 1.29 is 0 Å². The van der Waals surface area contributed by atoms with Crippen LogP contribution in [-0.2, 0) is 0 Å². The minimum atomic E-state index is 0.515. The Morgan fingerprint density at radius 1 is 0.684 bits per heavy atom. The summed E-state index contributed by atoms with van der Waals surface area (Å²) in [6.07, 6.45) is 0. The third-order valence-electron chi connectivity index (χ3n) is 3.63. The van der Waals surface area contributed by atoms with Gasteiger partial charge >= 0.3 is 0 Å². The number of hydrogen-bond acceptors (Lipinski definition) is 0. The predicted octanol–water partition coefficient (Wildman–Crippen LogP) is 5.63. The van der Waals surface area contributed by atoms with Gasteiger partial charge in [0, 0.05) is 0 Å². The summed E-state index contributed by atoms with van der Waals surface area (Å²) in [5.41, 5.74) is 4.11. The molecule has 3 aromatic rings. The Balaban J connectivity index is 2.34. The second-order valence-electron chi connectivity index (χ2n) is 5.27. The van der Waals surface area contributed by atoms with Crippen LogP contribution in [0, 0.1) is 0 Å². The lowest BCUT2D eigenvalue weighted by molar-refractivity contribution is 0.878. The molecule has 0 aliphatic heterocycles. The zero-order valence-corrected chi connectivity index (χ0v) is 11.4. The highest BCUT2D eigenvalue weighted by Crippen LogP contribution is 2.35. The normalized spacial score (nSPS) is 11.1. The standard InChI is InChI=1S/C19H18/c1-14(2)19-17-11-7-6-10-16(17)12-13-18(19)15-8-4-3-5-9-15/h3-14H,1-2H3. The second kappa shape index (κ2) is 4.89. The smallest absolute Gasteiger partial charge is 0.0143 e. The summed E-state index contributed by atoms with van der Waals surface area (Å²) in [6, 6.07) is 23.8. The first-order chi connectivity index (χ1) is 9.27. The van der Waals surface area contributed by atoms with Crippen LogP contribution < -0.4 is 0 Å². The van der Waals surface area contributed by atoms with Gasteiger partial charge in [0.15, 0.2) is 0 Å². The lowest BCUT2D eigenvalue weighted by Gasteiger charge is -2.16. The fraction of sp³-hybridized carbons (Fsp3) is 0.158. The molecule has 0 saturated carbocycles. The predicted molar refractivity (Wildman–Crippen MR) is 83.5 cm³/mol. The first-order valence-corrected chi connectivity index (χ1v) is 6.84. The molecule has 0 heteroatoms. The zero-order valence-electron chi connectivity index (χ0n) is 11.4. The van der Waals surface area contributed by atoms with Crippen LogP contribution >= 0.6 is 0 Å². The van der Waals surface area contributed by atoms with Gasteiger partial charge in [-0.3, -0.25) is 0 Å². The summed E-state index contributed by atoms with van der Waals surface area (Å²) in [5.74, 6) is 0.515. The number of benzene rings is 3. The maximum Gasteiger partial charge on any atom is -0.0143 e. The van der Waals surface area contributed by atoms with Gasteiger partial charge in [0.2, 0.25) is 0 Å². The molecule has 0 nitrogen and oxygen atoms in total. The maximum atomic E-state index is 2.27. The number of rotatable bonds is 2. The van der Waals surface area contributed by atoms with Gasteiger partial charge in [0.1, 0.15) is 0 Å². The van der Waals surface area contributed by atoms with Gasteiger partial charge in [0.05, 0.1) is 0 Å². The van der Waals surface area contributed by atoms with Crippen molar-refractivity contribution in [2.45, 2.75) is 19.8 Å². The topological polar surface area (TPSA) is 0 Å². The van der Waals surface area contributed by atoms with E-state index in [1.165, 1.54) is 27.5 Å². The van der Waals surface area contributed by atoms with Gasteiger partial charge in [-0.15, -0.1) is 0 Å². The van der Waals surface area contributed by atoms with Crippen molar-refractivity contribution in [3.05, 3.63) is 72.3 Å². The van der Waals surface area contributed by atoms with E-state index in [0.29, 0.717) is 5.92 Å². The minimum Gasteiger partial charge on any atom is -0.0622 e. The van der Waals surface area contributed by atoms with Crippen molar-refractivity contribution in [2.75, 3.05) is 0 Å². The third-order valence-corrected chi connectivity index (χ3v) is 3.63. The van der Waals surface area contributed by atoms with E-state index in [-0.39, 0.29) is 0 Å². The molecule has 0 heterocycles. The van der Waals surface area contributed by atoms with Crippen molar-refractivity contribution in [3.8, 4) is 11.1 Å². The number of fused-ring (bicyclic) bond motifs is 1. The third kappa shape index (κ3) is 2.15. The van der Waals surface area contributed by atoms with Gasteiger partial charge in [-0.1, -0.05) is 80.6 Å². The molecule has 0 bridgehead atoms. The molecule has 0 unspecified atom stereocenters. The summed E-state index contributed by atoms with van der Waals surface area (Å²) in [7, 11) is 0. The molecule has 0 atom stereocenters. The molecule has 0 aromatic heterocycles. The Morgan fingerprint density at radius 3 is 2.11 bits per heavy atom. The molecule has 0 aliphatic carbocycles. The van der Waals surface area contributed by atoms with Crippen LogP contribution in [0.25, 0.3) is 21.9 Å². The summed E-state index contributed by atoms with van der Waals surface area (Å²) in [4.78, 5) is 0. The monoisotopic (exact) mass is 246 g/mol. The molecule has 0 radical (unpaired) electrons. The number of hydrogen-bond donors (Lipinski definition) is 0. The van der Waals surface area contributed by atoms with Crippen LogP contribution in [0.5, 0.6) is 0 Å². The van der Waals surface area contributed by atoms with E-state index in [2.05, 4.69) is 80.6 Å². The van der Waals surface area contributed by atoms with Crippen molar-refractivity contribution >= 4 is 10.8 Å². The minimum absolute atomic E-state index is 0.515. The van der Waals surface area contributed by atoms with E-state index in [0.717, 1.165) is 0 Å². The highest BCUT2D eigenvalue weighted by atomic mass is 14.2. The largest absolute Gasteiger partial charge is 0.0622 e. The van der Waals surface area contributed by atoms with Crippen LogP contribution in [0.2, 0.25) is 0 Å². The first-order valence-electron chi connectivity index (χ1n) is 6.84. The van der Waals surface area contributed by atoms with Gasteiger partial charge < -0.3 is 0 Å². The first kappa shape index (κ1) is 12.0. The fourth-order valence-corrected chi connectivity index (χ4v) is 2.79. The molecule has 0 fully saturated rings. The fourth-order valence-electron chi connectivity index (χ4n) is 2.79. The van der Waals surface area contributed by atoms with Gasteiger partial charge in [0.25, 0.3) is 0 Å². The quantitative estimate of drug-likeness (QED) is 0.549. The van der Waals surface area contributed by atoms with Crippen molar-refractivity contribution in [3.63, 3.8) is 0 Å². The van der Waals surface area contributed by atoms with E-state index in [1.807, 2.05) is 0 Å². The van der Waals surface area contributed by atoms with Gasteiger partial charge in [-0.25, -0.2) is 0 Å². The van der Waals surface area contributed by atoms with Gasteiger partial charge in [-0.2, -0.15) is 0 Å². The van der Waals surface area contributed by atoms with Gasteiger partial charge in [-0.05, 0) is 33.4 Å². The summed E-state index contributed by atoms with van der Waals surface area (Å²) in [6.45, 7) is 4.54. The Labute approximate surface area is 114 Å². The summed E-state index contributed by atoms with van der Waals surface area (Å²) >= 11 is 0. The highest BCUT2D eigenvalue weighted by molar-refractivity contribution is 5.92. The van der Waals surface area contributed by atoms with E-state index in [1.54, 1.807) is 0 Å². The summed E-state index contributed by atoms with van der Waals surface area (Å²) < 4.78 is 0. The molecule has 19 heavy (non-hydrogen) atoms. The second-order valence-corrected chi connectivity index (χ2v) is 5.27. The molecule has 0 aliphatic rings. The van der Waals surface area contributed by atoms with Crippen LogP contribution in [-0.4, -0.2) is 0 Å². The van der Waals surface area contributed by atoms with E-state index in [9.17, 15) is 0 Å². The van der Waals surface area contributed by atoms with Crippen molar-refractivity contribution in [1.29, 1.82) is 0 Å². The van der Waals surface area contributed by atoms with Crippen LogP contribution in [0.15, 0.2) is 66.7 Å². The Hall–Kier alpha value is -2.08. The van der Waals surface area contributed by atoms with E-state index >= 15 is 0 Å². The van der Waals surface area contributed by atoms with E-state index < -0.39 is 0 Å². The molecule has 3 rings (SSSR count). The summed E-state index contributed by atoms with van der Waals surface area (Å²) in [5, 5.41) is 2.70. The molecular formula is C19H18. The van der Waals surface area contributed by atoms with E-state index in [4.69, 9.17) is 0 Å². The molecule has 0 N–H and O–H groups in total. The molecule has 0 spiro atoms. The van der Waals surface area contributed by atoms with Crippen LogP contribution in [0.1, 0.15) is 25.3 Å². The van der Waals surface area contributed by atoms with Crippen LogP contribution in [0.3, 0.4) is 0 Å². The zero-order chi connectivity index (χ0) is 13.2.